The molecule has 0 fully saturated rings. The normalized spacial score (nSPS) is 12.9. The van der Waals surface area contributed by atoms with Crippen molar-refractivity contribution in [3.63, 3.8) is 0 Å². The van der Waals surface area contributed by atoms with Crippen molar-refractivity contribution in [2.45, 2.75) is 19.5 Å². The largest absolute Gasteiger partial charge is 0.243 e. The lowest BCUT2D eigenvalue weighted by Crippen LogP contribution is -2.28. The Hall–Kier alpha value is -2.51. The molecule has 25 heavy (non-hydrogen) atoms. The van der Waals surface area contributed by atoms with E-state index in [2.05, 4.69) is 14.8 Å². The van der Waals surface area contributed by atoms with Gasteiger partial charge in [0.2, 0.25) is 10.0 Å². The average molecular weight is 356 g/mol. The Morgan fingerprint density at radius 3 is 2.24 bits per heavy atom. The van der Waals surface area contributed by atoms with Crippen LogP contribution in [0.2, 0.25) is 0 Å². The molecular formula is C18H20N4O2S. The maximum atomic E-state index is 11.6. The average Bonchev–Trinajstić information content (AvgIpc) is 2.99. The lowest BCUT2D eigenvalue weighted by molar-refractivity contribution is 0.541. The molecule has 6 nitrogen and oxygen atoms in total. The Morgan fingerprint density at radius 2 is 1.64 bits per heavy atom. The predicted molar refractivity (Wildman–Crippen MR) is 97.4 cm³/mol. The monoisotopic (exact) mass is 356 g/mol. The summed E-state index contributed by atoms with van der Waals surface area (Å²) in [6, 6.07) is 19.0. The van der Waals surface area contributed by atoms with Crippen LogP contribution in [0.5, 0.6) is 0 Å². The zero-order valence-corrected chi connectivity index (χ0v) is 14.9. The van der Waals surface area contributed by atoms with Crippen LogP contribution in [-0.4, -0.2) is 29.4 Å². The highest BCUT2D eigenvalue weighted by Gasteiger charge is 2.20. The first-order valence-corrected chi connectivity index (χ1v) is 9.83. The molecule has 7 heteroatoms. The smallest absolute Gasteiger partial charge is 0.209 e. The quantitative estimate of drug-likeness (QED) is 0.736. The minimum absolute atomic E-state index is 0.483. The summed E-state index contributed by atoms with van der Waals surface area (Å²) in [5.41, 5.74) is 1.96. The van der Waals surface area contributed by atoms with Crippen LogP contribution in [0.1, 0.15) is 24.4 Å². The number of aromatic nitrogens is 3. The zero-order valence-electron chi connectivity index (χ0n) is 14.1. The van der Waals surface area contributed by atoms with Crippen LogP contribution >= 0.6 is 0 Å². The molecule has 0 spiro atoms. The second-order valence-corrected chi connectivity index (χ2v) is 7.69. The fraction of sp³-hybridized carbons (Fsp3) is 0.222. The van der Waals surface area contributed by atoms with Gasteiger partial charge in [0.15, 0.2) is 5.82 Å². The summed E-state index contributed by atoms with van der Waals surface area (Å²) in [6.45, 7) is 2.28. The number of rotatable bonds is 6. The van der Waals surface area contributed by atoms with Crippen LogP contribution in [0.4, 0.5) is 0 Å². The second-order valence-electron chi connectivity index (χ2n) is 5.91. The predicted octanol–water partition coefficient (Wildman–Crippen LogP) is 2.60. The van der Waals surface area contributed by atoms with Crippen LogP contribution in [0.15, 0.2) is 60.7 Å². The summed E-state index contributed by atoms with van der Waals surface area (Å²) in [7, 11) is -3.35. The molecule has 1 atom stereocenters. The Kier molecular flexibility index (Phi) is 4.96. The summed E-state index contributed by atoms with van der Waals surface area (Å²) >= 11 is 0. The third-order valence-electron chi connectivity index (χ3n) is 3.69. The Labute approximate surface area is 147 Å². The molecule has 3 aromatic rings. The van der Waals surface area contributed by atoms with Gasteiger partial charge in [-0.1, -0.05) is 60.7 Å². The summed E-state index contributed by atoms with van der Waals surface area (Å²) in [4.78, 5) is 4.59. The highest BCUT2D eigenvalue weighted by atomic mass is 32.2. The van der Waals surface area contributed by atoms with Gasteiger partial charge in [0.05, 0.1) is 18.8 Å². The molecule has 0 aliphatic rings. The highest BCUT2D eigenvalue weighted by Crippen LogP contribution is 2.20. The van der Waals surface area contributed by atoms with Gasteiger partial charge in [-0.05, 0) is 12.5 Å². The van der Waals surface area contributed by atoms with Gasteiger partial charge in [0.25, 0.3) is 0 Å². The van der Waals surface area contributed by atoms with Gasteiger partial charge in [0, 0.05) is 5.56 Å². The first kappa shape index (κ1) is 17.3. The summed E-state index contributed by atoms with van der Waals surface area (Å²) in [5.74, 6) is 1.15. The molecule has 1 unspecified atom stereocenters. The molecule has 1 aromatic heterocycles. The van der Waals surface area contributed by atoms with Gasteiger partial charge in [0.1, 0.15) is 5.82 Å². The molecule has 0 bridgehead atoms. The number of nitrogens with one attached hydrogen (secondary N) is 1. The van der Waals surface area contributed by atoms with E-state index in [4.69, 9.17) is 0 Å². The van der Waals surface area contributed by atoms with E-state index in [-0.39, 0.29) is 0 Å². The van der Waals surface area contributed by atoms with Gasteiger partial charge in [-0.15, -0.1) is 0 Å². The van der Waals surface area contributed by atoms with Gasteiger partial charge in [-0.25, -0.2) is 22.8 Å². The number of nitrogens with zero attached hydrogens (tertiary/aromatic N) is 3. The summed E-state index contributed by atoms with van der Waals surface area (Å²) in [6.07, 6.45) is 1.14. The van der Waals surface area contributed by atoms with Crippen LogP contribution in [-0.2, 0) is 16.6 Å². The molecule has 1 heterocycles. The van der Waals surface area contributed by atoms with Crippen molar-refractivity contribution >= 4 is 10.0 Å². The van der Waals surface area contributed by atoms with E-state index in [1.54, 1.807) is 11.6 Å². The van der Waals surface area contributed by atoms with E-state index in [1.807, 2.05) is 60.7 Å². The Balaban J connectivity index is 2.00. The standard InChI is InChI=1S/C18H20N4O2S/c1-14(21-25(2,23)24)18-19-17(16-11-7-4-8-12-16)20-22(18)13-15-9-5-3-6-10-15/h3-12,14,21H,13H2,1-2H3. The third-order valence-corrected chi connectivity index (χ3v) is 4.47. The zero-order chi connectivity index (χ0) is 17.9. The lowest BCUT2D eigenvalue weighted by Gasteiger charge is -2.13. The van der Waals surface area contributed by atoms with Crippen molar-refractivity contribution < 1.29 is 8.42 Å². The molecule has 3 rings (SSSR count). The van der Waals surface area contributed by atoms with Crippen molar-refractivity contribution in [2.75, 3.05) is 6.26 Å². The highest BCUT2D eigenvalue weighted by molar-refractivity contribution is 7.88. The molecule has 0 amide bonds. The molecule has 0 aliphatic heterocycles. The number of benzene rings is 2. The number of hydrogen-bond donors (Lipinski definition) is 1. The van der Waals surface area contributed by atoms with Gasteiger partial charge in [-0.2, -0.15) is 5.10 Å². The van der Waals surface area contributed by atoms with Crippen molar-refractivity contribution in [2.24, 2.45) is 0 Å². The molecule has 1 N–H and O–H groups in total. The van der Waals surface area contributed by atoms with Crippen LogP contribution in [0.3, 0.4) is 0 Å². The first-order chi connectivity index (χ1) is 11.9. The van der Waals surface area contributed by atoms with Crippen molar-refractivity contribution in [1.29, 1.82) is 0 Å². The van der Waals surface area contributed by atoms with E-state index in [9.17, 15) is 8.42 Å². The van der Waals surface area contributed by atoms with E-state index < -0.39 is 16.1 Å². The number of sulfonamides is 1. The van der Waals surface area contributed by atoms with Crippen LogP contribution < -0.4 is 4.72 Å². The topological polar surface area (TPSA) is 76.9 Å². The minimum Gasteiger partial charge on any atom is -0.243 e. The van der Waals surface area contributed by atoms with Gasteiger partial charge >= 0.3 is 0 Å². The van der Waals surface area contributed by atoms with E-state index >= 15 is 0 Å². The molecule has 0 saturated heterocycles. The molecule has 130 valence electrons. The number of hydrogen-bond acceptors (Lipinski definition) is 4. The molecular weight excluding hydrogens is 336 g/mol. The second kappa shape index (κ2) is 7.16. The van der Waals surface area contributed by atoms with Crippen LogP contribution in [0, 0.1) is 0 Å². The van der Waals surface area contributed by atoms with Crippen molar-refractivity contribution in [1.82, 2.24) is 19.5 Å². The Bertz CT molecular complexity index is 938. The van der Waals surface area contributed by atoms with Crippen LogP contribution in [0.25, 0.3) is 11.4 Å². The summed E-state index contributed by atoms with van der Waals surface area (Å²) in [5, 5.41) is 4.60. The molecule has 0 radical (unpaired) electrons. The van der Waals surface area contributed by atoms with Crippen molar-refractivity contribution in [3.05, 3.63) is 72.1 Å². The molecule has 2 aromatic carbocycles. The van der Waals surface area contributed by atoms with E-state index in [0.29, 0.717) is 18.2 Å². The van der Waals surface area contributed by atoms with Gasteiger partial charge in [-0.3, -0.25) is 0 Å². The first-order valence-electron chi connectivity index (χ1n) is 7.94. The van der Waals surface area contributed by atoms with E-state index in [1.165, 1.54) is 0 Å². The lowest BCUT2D eigenvalue weighted by atomic mass is 10.2. The maximum Gasteiger partial charge on any atom is 0.209 e. The maximum absolute atomic E-state index is 11.6. The SMILES string of the molecule is CC(NS(C)(=O)=O)c1nc(-c2ccccc2)nn1Cc1ccccc1. The third kappa shape index (κ3) is 4.52. The fourth-order valence-electron chi connectivity index (χ4n) is 2.63. The summed E-state index contributed by atoms with van der Waals surface area (Å²) < 4.78 is 27.5. The van der Waals surface area contributed by atoms with Gasteiger partial charge < -0.3 is 0 Å². The molecule has 0 aliphatic carbocycles. The van der Waals surface area contributed by atoms with Crippen molar-refractivity contribution in [3.8, 4) is 11.4 Å². The Morgan fingerprint density at radius 1 is 1.04 bits per heavy atom. The van der Waals surface area contributed by atoms with E-state index in [0.717, 1.165) is 17.4 Å². The fourth-order valence-corrected chi connectivity index (χ4v) is 3.38. The minimum atomic E-state index is -3.35. The molecule has 0 saturated carbocycles.